The number of nitrogens with one attached hydrogen (secondary N) is 2. The standard InChI is InChI=1S/C27H25N3O3/c1-17-5-3-4-6-22(17)27(32)30-12-11-19-8-7-18(13-25(19)30)16-28-26(31)24-14-20-9-10-21(33-2)15-23(20)29-24/h3-10,13-15,29H,11-12,16H2,1-2H3,(H,28,31). The van der Waals surface area contributed by atoms with Crippen LogP contribution >= 0.6 is 0 Å². The number of anilines is 1. The number of aryl methyl sites for hydroxylation is 1. The summed E-state index contributed by atoms with van der Waals surface area (Å²) >= 11 is 0. The van der Waals surface area contributed by atoms with Crippen molar-refractivity contribution in [1.29, 1.82) is 0 Å². The number of ether oxygens (including phenoxy) is 1. The van der Waals surface area contributed by atoms with Crippen LogP contribution in [0.4, 0.5) is 5.69 Å². The highest BCUT2D eigenvalue weighted by Gasteiger charge is 2.26. The second kappa shape index (κ2) is 8.47. The molecule has 1 aliphatic rings. The number of rotatable bonds is 5. The number of hydrogen-bond acceptors (Lipinski definition) is 3. The van der Waals surface area contributed by atoms with E-state index in [4.69, 9.17) is 4.74 Å². The fourth-order valence-corrected chi connectivity index (χ4v) is 4.34. The number of hydrogen-bond donors (Lipinski definition) is 2. The molecule has 0 spiro atoms. The Morgan fingerprint density at radius 2 is 1.91 bits per heavy atom. The quantitative estimate of drug-likeness (QED) is 0.477. The molecule has 0 saturated carbocycles. The van der Waals surface area contributed by atoms with Gasteiger partial charge in [-0.2, -0.15) is 0 Å². The fraction of sp³-hybridized carbons (Fsp3) is 0.185. The lowest BCUT2D eigenvalue weighted by Gasteiger charge is -2.19. The van der Waals surface area contributed by atoms with Gasteiger partial charge in [-0.1, -0.05) is 30.3 Å². The zero-order valence-electron chi connectivity index (χ0n) is 18.6. The fourth-order valence-electron chi connectivity index (χ4n) is 4.34. The van der Waals surface area contributed by atoms with Crippen LogP contribution in [0.5, 0.6) is 5.75 Å². The summed E-state index contributed by atoms with van der Waals surface area (Å²) in [5.74, 6) is 0.569. The number of methoxy groups -OCH3 is 1. The number of amides is 2. The van der Waals surface area contributed by atoms with Crippen LogP contribution in [0.15, 0.2) is 66.7 Å². The summed E-state index contributed by atoms with van der Waals surface area (Å²) in [6, 6.07) is 21.2. The Labute approximate surface area is 192 Å². The smallest absolute Gasteiger partial charge is 0.267 e. The van der Waals surface area contributed by atoms with Crippen LogP contribution in [0.2, 0.25) is 0 Å². The first kappa shape index (κ1) is 20.8. The van der Waals surface area contributed by atoms with E-state index in [-0.39, 0.29) is 11.8 Å². The SMILES string of the molecule is COc1ccc2cc(C(=O)NCc3ccc4c(c3)N(C(=O)c3ccccc3C)CC4)[nH]c2c1. The van der Waals surface area contributed by atoms with Crippen LogP contribution < -0.4 is 15.0 Å². The molecule has 6 heteroatoms. The van der Waals surface area contributed by atoms with Gasteiger partial charge in [0.25, 0.3) is 11.8 Å². The van der Waals surface area contributed by atoms with Gasteiger partial charge in [-0.15, -0.1) is 0 Å². The molecule has 2 amide bonds. The van der Waals surface area contributed by atoms with E-state index in [1.54, 1.807) is 7.11 Å². The Balaban J connectivity index is 1.32. The molecule has 0 unspecified atom stereocenters. The second-order valence-electron chi connectivity index (χ2n) is 8.30. The van der Waals surface area contributed by atoms with Crippen LogP contribution in [0.25, 0.3) is 10.9 Å². The van der Waals surface area contributed by atoms with Crippen LogP contribution in [0, 0.1) is 6.92 Å². The van der Waals surface area contributed by atoms with Crippen molar-refractivity contribution >= 4 is 28.4 Å². The van der Waals surface area contributed by atoms with Crippen molar-refractivity contribution in [3.05, 3.63) is 94.7 Å². The van der Waals surface area contributed by atoms with Crippen molar-refractivity contribution < 1.29 is 14.3 Å². The molecule has 0 radical (unpaired) electrons. The van der Waals surface area contributed by atoms with Crippen molar-refractivity contribution in [2.45, 2.75) is 19.9 Å². The molecule has 0 bridgehead atoms. The van der Waals surface area contributed by atoms with E-state index in [0.29, 0.717) is 18.8 Å². The van der Waals surface area contributed by atoms with Gasteiger partial charge in [0.2, 0.25) is 0 Å². The number of fused-ring (bicyclic) bond motifs is 2. The van der Waals surface area contributed by atoms with E-state index >= 15 is 0 Å². The summed E-state index contributed by atoms with van der Waals surface area (Å²) in [5.41, 5.74) is 6.06. The lowest BCUT2D eigenvalue weighted by Crippen LogP contribution is -2.29. The monoisotopic (exact) mass is 439 g/mol. The molecule has 0 fully saturated rings. The van der Waals surface area contributed by atoms with E-state index in [2.05, 4.69) is 16.4 Å². The number of H-pyrrole nitrogens is 1. The first-order valence-electron chi connectivity index (χ1n) is 11.0. The minimum atomic E-state index is -0.182. The molecule has 2 N–H and O–H groups in total. The molecular weight excluding hydrogens is 414 g/mol. The molecule has 33 heavy (non-hydrogen) atoms. The maximum Gasteiger partial charge on any atom is 0.267 e. The van der Waals surface area contributed by atoms with E-state index in [9.17, 15) is 9.59 Å². The second-order valence-corrected chi connectivity index (χ2v) is 8.30. The lowest BCUT2D eigenvalue weighted by molar-refractivity contribution is 0.0945. The van der Waals surface area contributed by atoms with Crippen molar-refractivity contribution in [3.63, 3.8) is 0 Å². The predicted molar refractivity (Wildman–Crippen MR) is 129 cm³/mol. The molecule has 3 aromatic carbocycles. The van der Waals surface area contributed by atoms with E-state index in [1.165, 1.54) is 0 Å². The minimum Gasteiger partial charge on any atom is -0.497 e. The number of carbonyl (C=O) groups excluding carboxylic acids is 2. The molecule has 166 valence electrons. The normalized spacial score (nSPS) is 12.6. The van der Waals surface area contributed by atoms with Gasteiger partial charge in [-0.25, -0.2) is 0 Å². The molecule has 1 aromatic heterocycles. The first-order chi connectivity index (χ1) is 16.0. The van der Waals surface area contributed by atoms with E-state index in [0.717, 1.165) is 51.0 Å². The number of carbonyl (C=O) groups is 2. The summed E-state index contributed by atoms with van der Waals surface area (Å²) in [4.78, 5) is 30.9. The molecule has 1 aliphatic heterocycles. The van der Waals surface area contributed by atoms with Crippen LogP contribution in [-0.4, -0.2) is 30.5 Å². The molecule has 6 nitrogen and oxygen atoms in total. The van der Waals surface area contributed by atoms with Crippen LogP contribution in [0.1, 0.15) is 37.5 Å². The van der Waals surface area contributed by atoms with E-state index < -0.39 is 0 Å². The van der Waals surface area contributed by atoms with Crippen LogP contribution in [0.3, 0.4) is 0 Å². The molecule has 0 aliphatic carbocycles. The average Bonchev–Trinajstić information content (AvgIpc) is 3.46. The largest absolute Gasteiger partial charge is 0.497 e. The van der Waals surface area contributed by atoms with Gasteiger partial charge in [0, 0.05) is 41.3 Å². The predicted octanol–water partition coefficient (Wildman–Crippen LogP) is 4.62. The molecular formula is C27H25N3O3. The zero-order valence-corrected chi connectivity index (χ0v) is 18.6. The maximum absolute atomic E-state index is 13.2. The summed E-state index contributed by atoms with van der Waals surface area (Å²) in [5, 5.41) is 3.92. The number of aromatic nitrogens is 1. The summed E-state index contributed by atoms with van der Waals surface area (Å²) in [7, 11) is 1.62. The molecule has 0 saturated heterocycles. The molecule has 5 rings (SSSR count). The van der Waals surface area contributed by atoms with Gasteiger partial charge in [0.1, 0.15) is 11.4 Å². The zero-order chi connectivity index (χ0) is 22.9. The number of aromatic amines is 1. The highest BCUT2D eigenvalue weighted by atomic mass is 16.5. The number of nitrogens with zero attached hydrogens (tertiary/aromatic N) is 1. The molecule has 0 atom stereocenters. The Hall–Kier alpha value is -4.06. The van der Waals surface area contributed by atoms with Crippen molar-refractivity contribution in [2.24, 2.45) is 0 Å². The van der Waals surface area contributed by atoms with Gasteiger partial charge in [0.05, 0.1) is 7.11 Å². The topological polar surface area (TPSA) is 74.4 Å². The van der Waals surface area contributed by atoms with Crippen molar-refractivity contribution in [1.82, 2.24) is 10.3 Å². The maximum atomic E-state index is 13.2. The molecule has 2 heterocycles. The first-order valence-corrected chi connectivity index (χ1v) is 11.0. The van der Waals surface area contributed by atoms with E-state index in [1.807, 2.05) is 72.5 Å². The summed E-state index contributed by atoms with van der Waals surface area (Å²) in [6.45, 7) is 2.99. The summed E-state index contributed by atoms with van der Waals surface area (Å²) in [6.07, 6.45) is 0.831. The van der Waals surface area contributed by atoms with Crippen molar-refractivity contribution in [3.8, 4) is 5.75 Å². The third-order valence-electron chi connectivity index (χ3n) is 6.19. The highest BCUT2D eigenvalue weighted by Crippen LogP contribution is 2.31. The highest BCUT2D eigenvalue weighted by molar-refractivity contribution is 6.08. The lowest BCUT2D eigenvalue weighted by atomic mass is 10.1. The van der Waals surface area contributed by atoms with Gasteiger partial charge in [-0.3, -0.25) is 9.59 Å². The summed E-state index contributed by atoms with van der Waals surface area (Å²) < 4.78 is 5.25. The third kappa shape index (κ3) is 3.96. The molecule has 4 aromatic rings. The average molecular weight is 440 g/mol. The van der Waals surface area contributed by atoms with Crippen LogP contribution in [-0.2, 0) is 13.0 Å². The Kier molecular flexibility index (Phi) is 5.34. The van der Waals surface area contributed by atoms with Gasteiger partial charge < -0.3 is 19.9 Å². The Morgan fingerprint density at radius 3 is 2.73 bits per heavy atom. The van der Waals surface area contributed by atoms with Gasteiger partial charge in [-0.05, 0) is 60.4 Å². The Bertz CT molecular complexity index is 1370. The minimum absolute atomic E-state index is 0.0153. The van der Waals surface area contributed by atoms with Crippen molar-refractivity contribution in [2.75, 3.05) is 18.6 Å². The Morgan fingerprint density at radius 1 is 1.06 bits per heavy atom. The van der Waals surface area contributed by atoms with Gasteiger partial charge >= 0.3 is 0 Å². The number of benzene rings is 3. The van der Waals surface area contributed by atoms with Gasteiger partial charge in [0.15, 0.2) is 0 Å². The third-order valence-corrected chi connectivity index (χ3v) is 6.19.